The molecule has 0 saturated carbocycles. The first-order valence-corrected chi connectivity index (χ1v) is 6.33. The molecule has 0 aromatic heterocycles. The van der Waals surface area contributed by atoms with E-state index in [9.17, 15) is 4.79 Å². The van der Waals surface area contributed by atoms with Gasteiger partial charge in [0.15, 0.2) is 0 Å². The standard InChI is InChI=1S/C13H17ClN2O2/c1-9(10-4-2-3-5-11(10)14)16-12(17)13(15)6-7-18-8-13/h2-5,9H,6-8,15H2,1H3,(H,16,17)/t9-,13?/m0/s1. The molecule has 0 bridgehead atoms. The van der Waals surface area contributed by atoms with Gasteiger partial charge in [-0.3, -0.25) is 4.79 Å². The summed E-state index contributed by atoms with van der Waals surface area (Å²) in [5.74, 6) is -0.188. The van der Waals surface area contributed by atoms with Gasteiger partial charge in [0.25, 0.3) is 0 Å². The number of benzene rings is 1. The molecule has 1 aliphatic rings. The molecule has 1 amide bonds. The van der Waals surface area contributed by atoms with Crippen molar-refractivity contribution in [2.75, 3.05) is 13.2 Å². The number of carbonyl (C=O) groups excluding carboxylic acids is 1. The first-order chi connectivity index (χ1) is 8.53. The number of carbonyl (C=O) groups is 1. The normalized spacial score (nSPS) is 24.8. The summed E-state index contributed by atoms with van der Waals surface area (Å²) < 4.78 is 5.18. The van der Waals surface area contributed by atoms with Gasteiger partial charge in [-0.1, -0.05) is 29.8 Å². The van der Waals surface area contributed by atoms with Gasteiger partial charge < -0.3 is 15.8 Å². The van der Waals surface area contributed by atoms with Gasteiger partial charge in [-0.2, -0.15) is 0 Å². The highest BCUT2D eigenvalue weighted by Crippen LogP contribution is 2.23. The first-order valence-electron chi connectivity index (χ1n) is 5.95. The van der Waals surface area contributed by atoms with E-state index in [1.807, 2.05) is 25.1 Å². The molecule has 18 heavy (non-hydrogen) atoms. The Kier molecular flexibility index (Phi) is 3.90. The van der Waals surface area contributed by atoms with Crippen molar-refractivity contribution >= 4 is 17.5 Å². The average Bonchev–Trinajstić information content (AvgIpc) is 2.78. The largest absolute Gasteiger partial charge is 0.379 e. The summed E-state index contributed by atoms with van der Waals surface area (Å²) in [5, 5.41) is 3.53. The van der Waals surface area contributed by atoms with E-state index in [2.05, 4.69) is 5.32 Å². The van der Waals surface area contributed by atoms with Crippen molar-refractivity contribution in [2.45, 2.75) is 24.9 Å². The average molecular weight is 269 g/mol. The molecule has 4 nitrogen and oxygen atoms in total. The van der Waals surface area contributed by atoms with E-state index in [4.69, 9.17) is 22.1 Å². The number of nitrogens with one attached hydrogen (secondary N) is 1. The van der Waals surface area contributed by atoms with Crippen LogP contribution in [0.3, 0.4) is 0 Å². The maximum Gasteiger partial charge on any atom is 0.243 e. The lowest BCUT2D eigenvalue weighted by molar-refractivity contribution is -0.127. The number of halogens is 1. The van der Waals surface area contributed by atoms with Crippen LogP contribution < -0.4 is 11.1 Å². The van der Waals surface area contributed by atoms with Crippen molar-refractivity contribution in [2.24, 2.45) is 5.73 Å². The summed E-state index contributed by atoms with van der Waals surface area (Å²) >= 11 is 6.09. The van der Waals surface area contributed by atoms with Crippen LogP contribution in [0.4, 0.5) is 0 Å². The molecule has 1 fully saturated rings. The van der Waals surface area contributed by atoms with Crippen LogP contribution in [0.1, 0.15) is 24.9 Å². The molecule has 1 heterocycles. The van der Waals surface area contributed by atoms with Crippen LogP contribution in [0.2, 0.25) is 5.02 Å². The summed E-state index contributed by atoms with van der Waals surface area (Å²) in [4.78, 5) is 12.1. The molecule has 1 aromatic carbocycles. The van der Waals surface area contributed by atoms with Crippen LogP contribution in [-0.4, -0.2) is 24.7 Å². The van der Waals surface area contributed by atoms with E-state index in [1.54, 1.807) is 6.07 Å². The van der Waals surface area contributed by atoms with Crippen molar-refractivity contribution in [3.8, 4) is 0 Å². The molecule has 1 saturated heterocycles. The number of nitrogens with two attached hydrogens (primary N) is 1. The van der Waals surface area contributed by atoms with Crippen LogP contribution >= 0.6 is 11.6 Å². The van der Waals surface area contributed by atoms with E-state index in [1.165, 1.54) is 0 Å². The Morgan fingerprint density at radius 3 is 2.89 bits per heavy atom. The van der Waals surface area contributed by atoms with E-state index in [0.717, 1.165) is 5.56 Å². The van der Waals surface area contributed by atoms with E-state index >= 15 is 0 Å². The highest BCUT2D eigenvalue weighted by atomic mass is 35.5. The summed E-state index contributed by atoms with van der Waals surface area (Å²) in [5.41, 5.74) is 5.97. The minimum Gasteiger partial charge on any atom is -0.379 e. The van der Waals surface area contributed by atoms with Gasteiger partial charge in [-0.05, 0) is 25.0 Å². The molecule has 0 radical (unpaired) electrons. The van der Waals surface area contributed by atoms with Crippen LogP contribution in [0, 0.1) is 0 Å². The fourth-order valence-corrected chi connectivity index (χ4v) is 2.30. The highest BCUT2D eigenvalue weighted by molar-refractivity contribution is 6.31. The number of hydrogen-bond acceptors (Lipinski definition) is 3. The summed E-state index contributed by atoms with van der Waals surface area (Å²) in [6, 6.07) is 7.27. The van der Waals surface area contributed by atoms with Gasteiger partial charge in [-0.15, -0.1) is 0 Å². The van der Waals surface area contributed by atoms with Crippen LogP contribution in [0.5, 0.6) is 0 Å². The molecule has 1 aliphatic heterocycles. The number of hydrogen-bond donors (Lipinski definition) is 2. The van der Waals surface area contributed by atoms with Crippen LogP contribution in [0.15, 0.2) is 24.3 Å². The maximum atomic E-state index is 12.1. The number of ether oxygens (including phenoxy) is 1. The van der Waals surface area contributed by atoms with Crippen molar-refractivity contribution in [1.29, 1.82) is 0 Å². The molecule has 1 unspecified atom stereocenters. The molecule has 0 aliphatic carbocycles. The van der Waals surface area contributed by atoms with Crippen molar-refractivity contribution < 1.29 is 9.53 Å². The van der Waals surface area contributed by atoms with Gasteiger partial charge in [0.1, 0.15) is 5.54 Å². The summed E-state index contributed by atoms with van der Waals surface area (Å²) in [6.45, 7) is 2.69. The zero-order valence-electron chi connectivity index (χ0n) is 10.3. The Labute approximate surface area is 111 Å². The highest BCUT2D eigenvalue weighted by Gasteiger charge is 2.38. The fourth-order valence-electron chi connectivity index (χ4n) is 2.00. The zero-order valence-corrected chi connectivity index (χ0v) is 11.0. The molecule has 3 N–H and O–H groups in total. The second kappa shape index (κ2) is 5.26. The quantitative estimate of drug-likeness (QED) is 0.876. The third kappa shape index (κ3) is 2.66. The molecule has 98 valence electrons. The number of amides is 1. The Morgan fingerprint density at radius 1 is 1.56 bits per heavy atom. The van der Waals surface area contributed by atoms with Crippen molar-refractivity contribution in [3.63, 3.8) is 0 Å². The lowest BCUT2D eigenvalue weighted by atomic mass is 9.98. The first kappa shape index (κ1) is 13.3. The van der Waals surface area contributed by atoms with Gasteiger partial charge >= 0.3 is 0 Å². The molecule has 2 atom stereocenters. The van der Waals surface area contributed by atoms with E-state index in [-0.39, 0.29) is 18.6 Å². The Morgan fingerprint density at radius 2 is 2.28 bits per heavy atom. The predicted octanol–water partition coefficient (Wildman–Crippen LogP) is 1.63. The lowest BCUT2D eigenvalue weighted by Crippen LogP contribution is -2.54. The third-order valence-corrected chi connectivity index (χ3v) is 3.57. The van der Waals surface area contributed by atoms with Gasteiger partial charge in [0, 0.05) is 11.6 Å². The topological polar surface area (TPSA) is 64.4 Å². The second-order valence-corrected chi connectivity index (χ2v) is 5.08. The molecule has 5 heteroatoms. The van der Waals surface area contributed by atoms with Crippen LogP contribution in [-0.2, 0) is 9.53 Å². The maximum absolute atomic E-state index is 12.1. The Hall–Kier alpha value is -1.10. The minimum absolute atomic E-state index is 0.174. The summed E-state index contributed by atoms with van der Waals surface area (Å²) in [6.07, 6.45) is 0.550. The van der Waals surface area contributed by atoms with E-state index in [0.29, 0.717) is 18.1 Å². The van der Waals surface area contributed by atoms with Gasteiger partial charge in [0.2, 0.25) is 5.91 Å². The zero-order chi connectivity index (χ0) is 13.2. The number of rotatable bonds is 3. The third-order valence-electron chi connectivity index (χ3n) is 3.22. The van der Waals surface area contributed by atoms with E-state index < -0.39 is 5.54 Å². The van der Waals surface area contributed by atoms with Crippen molar-refractivity contribution in [3.05, 3.63) is 34.9 Å². The lowest BCUT2D eigenvalue weighted by Gasteiger charge is -2.24. The Bertz CT molecular complexity index is 444. The fraction of sp³-hybridized carbons (Fsp3) is 0.462. The predicted molar refractivity (Wildman–Crippen MR) is 70.4 cm³/mol. The molecule has 1 aromatic rings. The monoisotopic (exact) mass is 268 g/mol. The Balaban J connectivity index is 2.06. The van der Waals surface area contributed by atoms with Gasteiger partial charge in [-0.25, -0.2) is 0 Å². The van der Waals surface area contributed by atoms with Crippen molar-refractivity contribution in [1.82, 2.24) is 5.32 Å². The SMILES string of the molecule is C[C@H](NC(=O)C1(N)CCOC1)c1ccccc1Cl. The molecular formula is C13H17ClN2O2. The molecule has 0 spiro atoms. The smallest absolute Gasteiger partial charge is 0.243 e. The van der Waals surface area contributed by atoms with Gasteiger partial charge in [0.05, 0.1) is 12.6 Å². The molecular weight excluding hydrogens is 252 g/mol. The van der Waals surface area contributed by atoms with Crippen LogP contribution in [0.25, 0.3) is 0 Å². The second-order valence-electron chi connectivity index (χ2n) is 4.68. The minimum atomic E-state index is -0.907. The molecule has 2 rings (SSSR count). The summed E-state index contributed by atoms with van der Waals surface area (Å²) in [7, 11) is 0.